The second kappa shape index (κ2) is 2.87. The molecule has 70 valence electrons. The lowest BCUT2D eigenvalue weighted by molar-refractivity contribution is -0.139. The van der Waals surface area contributed by atoms with Crippen molar-refractivity contribution >= 4 is 5.97 Å². The normalized spacial score (nSPS) is 26.8. The Morgan fingerprint density at radius 3 is 3.15 bits per heavy atom. The van der Waals surface area contributed by atoms with Crippen LogP contribution in [0, 0.1) is 0 Å². The van der Waals surface area contributed by atoms with Crippen LogP contribution >= 0.6 is 0 Å². The van der Waals surface area contributed by atoms with Gasteiger partial charge in [0.25, 0.3) is 0 Å². The summed E-state index contributed by atoms with van der Waals surface area (Å²) < 4.78 is 1.96. The maximum Gasteiger partial charge on any atom is 0.314 e. The number of aromatic nitrogens is 2. The van der Waals surface area contributed by atoms with Gasteiger partial charge in [0.1, 0.15) is 11.7 Å². The topological polar surface area (TPSA) is 55.1 Å². The first-order valence-corrected chi connectivity index (χ1v) is 4.45. The van der Waals surface area contributed by atoms with Crippen molar-refractivity contribution in [2.75, 3.05) is 0 Å². The molecule has 1 N–H and O–H groups in total. The molecule has 13 heavy (non-hydrogen) atoms. The second-order valence-corrected chi connectivity index (χ2v) is 3.51. The lowest BCUT2D eigenvalue weighted by Crippen LogP contribution is -2.24. The fraction of sp³-hybridized carbons (Fsp3) is 0.556. The highest BCUT2D eigenvalue weighted by atomic mass is 16.4. The number of nitrogens with zero attached hydrogens (tertiary/aromatic N) is 2. The van der Waals surface area contributed by atoms with E-state index in [9.17, 15) is 4.79 Å². The third-order valence-corrected chi connectivity index (χ3v) is 2.66. The van der Waals surface area contributed by atoms with E-state index in [1.165, 1.54) is 0 Å². The molecule has 0 radical (unpaired) electrons. The molecule has 0 saturated carbocycles. The van der Waals surface area contributed by atoms with E-state index in [1.807, 2.05) is 10.8 Å². The molecular formula is C9H12N2O2. The van der Waals surface area contributed by atoms with Gasteiger partial charge in [-0.05, 0) is 19.8 Å². The number of carboxylic acids is 1. The van der Waals surface area contributed by atoms with Crippen molar-refractivity contribution in [2.24, 2.45) is 0 Å². The molecule has 1 aromatic rings. The highest BCUT2D eigenvalue weighted by Crippen LogP contribution is 2.31. The van der Waals surface area contributed by atoms with E-state index in [-0.39, 0.29) is 0 Å². The van der Waals surface area contributed by atoms with Crippen LogP contribution in [0.3, 0.4) is 0 Å². The Labute approximate surface area is 76.2 Å². The summed E-state index contributed by atoms with van der Waals surface area (Å²) in [4.78, 5) is 15.0. The SMILES string of the molecule is C[C@@H]1CC[C@H](C(=O)O)c2nccn21. The van der Waals surface area contributed by atoms with Gasteiger partial charge < -0.3 is 9.67 Å². The van der Waals surface area contributed by atoms with E-state index in [0.29, 0.717) is 18.3 Å². The van der Waals surface area contributed by atoms with E-state index < -0.39 is 11.9 Å². The van der Waals surface area contributed by atoms with Gasteiger partial charge >= 0.3 is 5.97 Å². The average molecular weight is 180 g/mol. The van der Waals surface area contributed by atoms with E-state index in [1.54, 1.807) is 6.20 Å². The first-order valence-electron chi connectivity index (χ1n) is 4.45. The lowest BCUT2D eigenvalue weighted by atomic mass is 9.95. The van der Waals surface area contributed by atoms with Crippen LogP contribution in [-0.4, -0.2) is 20.6 Å². The first-order chi connectivity index (χ1) is 6.20. The maximum atomic E-state index is 10.9. The summed E-state index contributed by atoms with van der Waals surface area (Å²) in [5, 5.41) is 8.94. The first kappa shape index (κ1) is 8.29. The summed E-state index contributed by atoms with van der Waals surface area (Å²) in [6, 6.07) is 0.382. The standard InChI is InChI=1S/C9H12N2O2/c1-6-2-3-7(9(12)13)8-10-4-5-11(6)8/h4-7H,2-3H2,1H3,(H,12,13)/t6-,7+/m1/s1. The number of hydrogen-bond acceptors (Lipinski definition) is 2. The van der Waals surface area contributed by atoms with Crippen molar-refractivity contribution in [3.05, 3.63) is 18.2 Å². The molecule has 1 aliphatic heterocycles. The summed E-state index contributed by atoms with van der Waals surface area (Å²) >= 11 is 0. The van der Waals surface area contributed by atoms with Gasteiger partial charge in [0.2, 0.25) is 0 Å². The van der Waals surface area contributed by atoms with Crippen LogP contribution in [0.2, 0.25) is 0 Å². The molecule has 0 fully saturated rings. The number of rotatable bonds is 1. The Morgan fingerprint density at radius 2 is 2.46 bits per heavy atom. The van der Waals surface area contributed by atoms with Crippen molar-refractivity contribution < 1.29 is 9.90 Å². The third-order valence-electron chi connectivity index (χ3n) is 2.66. The van der Waals surface area contributed by atoms with Gasteiger partial charge in [-0.2, -0.15) is 0 Å². The summed E-state index contributed by atoms with van der Waals surface area (Å²) in [5.41, 5.74) is 0. The zero-order chi connectivity index (χ0) is 9.42. The predicted molar refractivity (Wildman–Crippen MR) is 46.5 cm³/mol. The van der Waals surface area contributed by atoms with Crippen molar-refractivity contribution in [3.8, 4) is 0 Å². The molecule has 2 atom stereocenters. The Kier molecular flexibility index (Phi) is 1.83. The zero-order valence-electron chi connectivity index (χ0n) is 7.47. The van der Waals surface area contributed by atoms with Gasteiger partial charge in [0, 0.05) is 18.4 Å². The summed E-state index contributed by atoms with van der Waals surface area (Å²) in [5.74, 6) is -0.475. The molecule has 4 heteroatoms. The van der Waals surface area contributed by atoms with Crippen LogP contribution in [0.4, 0.5) is 0 Å². The summed E-state index contributed by atoms with van der Waals surface area (Å²) in [7, 11) is 0. The van der Waals surface area contributed by atoms with Crippen molar-refractivity contribution in [1.82, 2.24) is 9.55 Å². The van der Waals surface area contributed by atoms with E-state index in [0.717, 1.165) is 6.42 Å². The smallest absolute Gasteiger partial charge is 0.314 e. The number of hydrogen-bond donors (Lipinski definition) is 1. The molecule has 0 amide bonds. The van der Waals surface area contributed by atoms with Gasteiger partial charge in [-0.1, -0.05) is 0 Å². The van der Waals surface area contributed by atoms with Crippen LogP contribution in [0.5, 0.6) is 0 Å². The van der Waals surface area contributed by atoms with E-state index in [2.05, 4.69) is 11.9 Å². The van der Waals surface area contributed by atoms with Crippen molar-refractivity contribution in [1.29, 1.82) is 0 Å². The molecule has 1 aliphatic rings. The molecular weight excluding hydrogens is 168 g/mol. The van der Waals surface area contributed by atoms with Crippen LogP contribution in [0.1, 0.15) is 37.5 Å². The van der Waals surface area contributed by atoms with Crippen LogP contribution in [0.15, 0.2) is 12.4 Å². The number of imidazole rings is 1. The number of aliphatic carboxylic acids is 1. The minimum Gasteiger partial charge on any atom is -0.481 e. The molecule has 2 heterocycles. The molecule has 1 aromatic heterocycles. The minimum absolute atomic E-state index is 0.382. The minimum atomic E-state index is -0.764. The Hall–Kier alpha value is -1.32. The Balaban J connectivity index is 2.40. The Bertz CT molecular complexity index is 332. The van der Waals surface area contributed by atoms with Gasteiger partial charge in [0.05, 0.1) is 0 Å². The van der Waals surface area contributed by atoms with E-state index >= 15 is 0 Å². The zero-order valence-corrected chi connectivity index (χ0v) is 7.47. The maximum absolute atomic E-state index is 10.9. The number of fused-ring (bicyclic) bond motifs is 1. The third kappa shape index (κ3) is 1.22. The molecule has 0 saturated heterocycles. The van der Waals surface area contributed by atoms with E-state index in [4.69, 9.17) is 5.11 Å². The van der Waals surface area contributed by atoms with Gasteiger partial charge in [-0.15, -0.1) is 0 Å². The number of carbonyl (C=O) groups is 1. The lowest BCUT2D eigenvalue weighted by Gasteiger charge is -2.25. The molecule has 0 unspecified atom stereocenters. The van der Waals surface area contributed by atoms with Gasteiger partial charge in [-0.3, -0.25) is 4.79 Å². The molecule has 0 aliphatic carbocycles. The summed E-state index contributed by atoms with van der Waals surface area (Å²) in [6.07, 6.45) is 5.15. The van der Waals surface area contributed by atoms with Crippen LogP contribution < -0.4 is 0 Å². The second-order valence-electron chi connectivity index (χ2n) is 3.51. The fourth-order valence-electron chi connectivity index (χ4n) is 1.88. The highest BCUT2D eigenvalue weighted by molar-refractivity contribution is 5.75. The molecule has 0 bridgehead atoms. The van der Waals surface area contributed by atoms with Crippen LogP contribution in [-0.2, 0) is 4.79 Å². The molecule has 0 spiro atoms. The molecule has 4 nitrogen and oxygen atoms in total. The van der Waals surface area contributed by atoms with Crippen molar-refractivity contribution in [3.63, 3.8) is 0 Å². The van der Waals surface area contributed by atoms with Crippen LogP contribution in [0.25, 0.3) is 0 Å². The quantitative estimate of drug-likeness (QED) is 0.710. The summed E-state index contributed by atoms with van der Waals surface area (Å²) in [6.45, 7) is 2.09. The Morgan fingerprint density at radius 1 is 1.69 bits per heavy atom. The van der Waals surface area contributed by atoms with Gasteiger partial charge in [0.15, 0.2) is 0 Å². The number of carboxylic acid groups (broad SMARTS) is 1. The molecule has 2 rings (SSSR count). The highest BCUT2D eigenvalue weighted by Gasteiger charge is 2.30. The predicted octanol–water partition coefficient (Wildman–Crippen LogP) is 1.41. The monoisotopic (exact) mass is 180 g/mol. The molecule has 0 aromatic carbocycles. The van der Waals surface area contributed by atoms with Crippen molar-refractivity contribution in [2.45, 2.75) is 31.7 Å². The fourth-order valence-corrected chi connectivity index (χ4v) is 1.88. The largest absolute Gasteiger partial charge is 0.481 e. The average Bonchev–Trinajstić information content (AvgIpc) is 2.53. The van der Waals surface area contributed by atoms with Gasteiger partial charge in [-0.25, -0.2) is 4.98 Å².